The van der Waals surface area contributed by atoms with E-state index in [2.05, 4.69) is 40.2 Å². The zero-order valence-electron chi connectivity index (χ0n) is 10.7. The van der Waals surface area contributed by atoms with Crippen LogP contribution in [0.3, 0.4) is 0 Å². The maximum absolute atomic E-state index is 5.42. The molecule has 5 heteroatoms. The van der Waals surface area contributed by atoms with Gasteiger partial charge in [0.1, 0.15) is 11.5 Å². The SMILES string of the molecule is C.CCCN(C)P(Br)c1ccc(OC)cc1OC. The van der Waals surface area contributed by atoms with Gasteiger partial charge in [-0.15, -0.1) is 0 Å². The Hall–Kier alpha value is -0.310. The lowest BCUT2D eigenvalue weighted by molar-refractivity contribution is 0.396. The Morgan fingerprint density at radius 2 is 1.94 bits per heavy atom. The van der Waals surface area contributed by atoms with E-state index in [0.29, 0.717) is 0 Å². The molecule has 18 heavy (non-hydrogen) atoms. The van der Waals surface area contributed by atoms with Crippen LogP contribution in [0.15, 0.2) is 18.2 Å². The van der Waals surface area contributed by atoms with Gasteiger partial charge in [-0.05, 0) is 41.1 Å². The Bertz CT molecular complexity index is 363. The molecule has 0 aliphatic rings. The van der Waals surface area contributed by atoms with Crippen LogP contribution in [-0.2, 0) is 0 Å². The smallest absolute Gasteiger partial charge is 0.132 e. The van der Waals surface area contributed by atoms with Crippen LogP contribution >= 0.6 is 22.3 Å². The minimum Gasteiger partial charge on any atom is -0.497 e. The van der Waals surface area contributed by atoms with Gasteiger partial charge in [0.15, 0.2) is 0 Å². The summed E-state index contributed by atoms with van der Waals surface area (Å²) < 4.78 is 12.9. The van der Waals surface area contributed by atoms with Crippen LogP contribution in [0.25, 0.3) is 0 Å². The molecule has 0 radical (unpaired) electrons. The monoisotopic (exact) mass is 335 g/mol. The molecule has 0 saturated heterocycles. The van der Waals surface area contributed by atoms with Crippen molar-refractivity contribution in [3.05, 3.63) is 18.2 Å². The van der Waals surface area contributed by atoms with Crippen molar-refractivity contribution in [3.63, 3.8) is 0 Å². The van der Waals surface area contributed by atoms with Crippen LogP contribution in [0.1, 0.15) is 20.8 Å². The zero-order valence-corrected chi connectivity index (χ0v) is 13.2. The summed E-state index contributed by atoms with van der Waals surface area (Å²) in [7, 11) is 5.47. The molecule has 0 aromatic heterocycles. The largest absolute Gasteiger partial charge is 0.497 e. The number of benzene rings is 1. The average molecular weight is 336 g/mol. The molecule has 1 unspecified atom stereocenters. The van der Waals surface area contributed by atoms with E-state index in [4.69, 9.17) is 9.47 Å². The van der Waals surface area contributed by atoms with Crippen LogP contribution < -0.4 is 14.8 Å². The van der Waals surface area contributed by atoms with Crippen molar-refractivity contribution in [1.29, 1.82) is 0 Å². The van der Waals surface area contributed by atoms with Crippen LogP contribution in [0.4, 0.5) is 0 Å². The van der Waals surface area contributed by atoms with Gasteiger partial charge in [-0.1, -0.05) is 14.4 Å². The highest BCUT2D eigenvalue weighted by atomic mass is 79.9. The van der Waals surface area contributed by atoms with Gasteiger partial charge in [0.2, 0.25) is 0 Å². The first-order chi connectivity index (χ1) is 8.13. The predicted molar refractivity (Wildman–Crippen MR) is 84.7 cm³/mol. The molecule has 0 N–H and O–H groups in total. The summed E-state index contributed by atoms with van der Waals surface area (Å²) in [4.78, 5) is 0. The van der Waals surface area contributed by atoms with Gasteiger partial charge in [-0.25, -0.2) is 0 Å². The van der Waals surface area contributed by atoms with Gasteiger partial charge in [0.05, 0.1) is 21.0 Å². The second kappa shape index (κ2) is 8.73. The van der Waals surface area contributed by atoms with Gasteiger partial charge >= 0.3 is 0 Å². The highest BCUT2D eigenvalue weighted by Gasteiger charge is 2.17. The predicted octanol–water partition coefficient (Wildman–Crippen LogP) is 4.01. The summed E-state index contributed by atoms with van der Waals surface area (Å²) >= 11 is 3.76. The first kappa shape index (κ1) is 17.7. The van der Waals surface area contributed by atoms with Crippen molar-refractivity contribution in [2.75, 3.05) is 27.8 Å². The highest BCUT2D eigenvalue weighted by molar-refractivity contribution is 9.39. The van der Waals surface area contributed by atoms with E-state index in [0.717, 1.165) is 24.5 Å². The minimum absolute atomic E-state index is 0. The molecular weight excluding hydrogens is 313 g/mol. The molecule has 104 valence electrons. The number of ether oxygens (including phenoxy) is 2. The van der Waals surface area contributed by atoms with Gasteiger partial charge in [-0.3, -0.25) is 4.67 Å². The number of methoxy groups -OCH3 is 2. The van der Waals surface area contributed by atoms with Crippen molar-refractivity contribution in [2.24, 2.45) is 0 Å². The molecular formula is C13H23BrNO2P. The maximum atomic E-state index is 5.42. The van der Waals surface area contributed by atoms with E-state index in [1.807, 2.05) is 12.1 Å². The summed E-state index contributed by atoms with van der Waals surface area (Å²) in [6.45, 7) is 2.72. The van der Waals surface area contributed by atoms with E-state index < -0.39 is 6.77 Å². The molecule has 1 rings (SSSR count). The number of hydrogen-bond acceptors (Lipinski definition) is 3. The van der Waals surface area contributed by atoms with Crippen molar-refractivity contribution < 1.29 is 9.47 Å². The summed E-state index contributed by atoms with van der Waals surface area (Å²) in [6.07, 6.45) is 1.14. The quantitative estimate of drug-likeness (QED) is 0.733. The average Bonchev–Trinajstić information content (AvgIpc) is 2.37. The first-order valence-corrected chi connectivity index (χ1v) is 8.84. The molecule has 1 atom stereocenters. The number of halogens is 1. The van der Waals surface area contributed by atoms with Crippen molar-refractivity contribution in [3.8, 4) is 11.5 Å². The summed E-state index contributed by atoms with van der Waals surface area (Å²) in [5, 5.41) is 1.18. The minimum atomic E-state index is -0.522. The van der Waals surface area contributed by atoms with E-state index in [-0.39, 0.29) is 7.43 Å². The summed E-state index contributed by atoms with van der Waals surface area (Å²) in [6, 6.07) is 5.95. The van der Waals surface area contributed by atoms with Crippen LogP contribution in [-0.4, -0.2) is 32.5 Å². The van der Waals surface area contributed by atoms with Gasteiger partial charge in [-0.2, -0.15) is 0 Å². The normalized spacial score (nSPS) is 11.9. The Balaban J connectivity index is 0.00000289. The molecule has 0 heterocycles. The molecule has 0 aliphatic carbocycles. The Morgan fingerprint density at radius 3 is 2.44 bits per heavy atom. The van der Waals surface area contributed by atoms with Gasteiger partial charge < -0.3 is 9.47 Å². The topological polar surface area (TPSA) is 21.7 Å². The molecule has 0 spiro atoms. The molecule has 1 aromatic carbocycles. The number of nitrogens with zero attached hydrogens (tertiary/aromatic N) is 1. The van der Waals surface area contributed by atoms with Crippen molar-refractivity contribution >= 4 is 27.6 Å². The van der Waals surface area contributed by atoms with Crippen LogP contribution in [0, 0.1) is 0 Å². The number of hydrogen-bond donors (Lipinski definition) is 0. The fraction of sp³-hybridized carbons (Fsp3) is 0.538. The summed E-state index contributed by atoms with van der Waals surface area (Å²) in [5.74, 6) is 1.69. The molecule has 0 fully saturated rings. The second-order valence-electron chi connectivity index (χ2n) is 3.68. The third kappa shape index (κ3) is 4.42. The third-order valence-corrected chi connectivity index (χ3v) is 6.77. The van der Waals surface area contributed by atoms with E-state index in [1.54, 1.807) is 14.2 Å². The Kier molecular flexibility index (Phi) is 8.58. The maximum Gasteiger partial charge on any atom is 0.132 e. The van der Waals surface area contributed by atoms with Crippen LogP contribution in [0.2, 0.25) is 0 Å². The van der Waals surface area contributed by atoms with Gasteiger partial charge in [0.25, 0.3) is 0 Å². The molecule has 1 aromatic rings. The Labute approximate surface area is 120 Å². The Morgan fingerprint density at radius 1 is 1.28 bits per heavy atom. The van der Waals surface area contributed by atoms with E-state index in [1.165, 1.54) is 5.30 Å². The first-order valence-electron chi connectivity index (χ1n) is 5.53. The molecule has 0 bridgehead atoms. The molecule has 0 amide bonds. The van der Waals surface area contributed by atoms with Crippen molar-refractivity contribution in [1.82, 2.24) is 4.67 Å². The lowest BCUT2D eigenvalue weighted by atomic mass is 10.3. The second-order valence-corrected chi connectivity index (χ2v) is 7.38. The zero-order chi connectivity index (χ0) is 12.8. The van der Waals surface area contributed by atoms with Gasteiger partial charge in [0, 0.05) is 17.9 Å². The fourth-order valence-electron chi connectivity index (χ4n) is 1.53. The third-order valence-electron chi connectivity index (χ3n) is 2.43. The standard InChI is InChI=1S/C12H19BrNO2P.CH4/c1-5-8-14(2)17(13)12-7-6-10(15-3)9-11(12)16-4;/h6-7,9H,5,8H2,1-4H3;1H4. The van der Waals surface area contributed by atoms with Crippen molar-refractivity contribution in [2.45, 2.75) is 20.8 Å². The fourth-order valence-corrected chi connectivity index (χ4v) is 4.17. The lowest BCUT2D eigenvalue weighted by Gasteiger charge is -2.24. The highest BCUT2D eigenvalue weighted by Crippen LogP contribution is 2.48. The molecule has 3 nitrogen and oxygen atoms in total. The number of rotatable bonds is 6. The molecule has 0 aliphatic heterocycles. The van der Waals surface area contributed by atoms with E-state index >= 15 is 0 Å². The lowest BCUT2D eigenvalue weighted by Crippen LogP contribution is -2.17. The molecule has 0 saturated carbocycles. The van der Waals surface area contributed by atoms with E-state index in [9.17, 15) is 0 Å². The van der Waals surface area contributed by atoms with Crippen LogP contribution in [0.5, 0.6) is 11.5 Å². The summed E-state index contributed by atoms with van der Waals surface area (Å²) in [5.41, 5.74) is 0.